The molecule has 0 bridgehead atoms. The highest BCUT2D eigenvalue weighted by Crippen LogP contribution is 2.00. The highest BCUT2D eigenvalue weighted by Gasteiger charge is 1.90. The number of aromatic nitrogens is 3. The number of hydrogen-bond acceptors (Lipinski definition) is 3. The molecule has 10 heavy (non-hydrogen) atoms. The minimum absolute atomic E-state index is 0.644. The van der Waals surface area contributed by atoms with Crippen LogP contribution in [0.15, 0.2) is 24.5 Å². The van der Waals surface area contributed by atoms with Gasteiger partial charge in [-0.1, -0.05) is 0 Å². The van der Waals surface area contributed by atoms with Crippen LogP contribution in [0.3, 0.4) is 0 Å². The lowest BCUT2D eigenvalue weighted by Gasteiger charge is -1.89. The van der Waals surface area contributed by atoms with Crippen molar-refractivity contribution in [3.05, 3.63) is 30.7 Å². The highest BCUT2D eigenvalue weighted by atomic mass is 14.9. The minimum Gasteiger partial charge on any atom is -0.251 e. The van der Waals surface area contributed by atoms with Gasteiger partial charge in [-0.2, -0.15) is 0 Å². The minimum atomic E-state index is 0.644. The van der Waals surface area contributed by atoms with Gasteiger partial charge in [-0.25, -0.2) is 9.97 Å². The summed E-state index contributed by atoms with van der Waals surface area (Å²) in [6.45, 7) is 0. The molecule has 0 spiro atoms. The Bertz CT molecular complexity index is 280. The lowest BCUT2D eigenvalue weighted by atomic mass is 10.4. The van der Waals surface area contributed by atoms with Crippen molar-refractivity contribution in [2.75, 3.05) is 0 Å². The summed E-state index contributed by atoms with van der Waals surface area (Å²) in [6.07, 6.45) is 5.83. The molecule has 2 aromatic heterocycles. The average Bonchev–Trinajstić information content (AvgIpc) is 2.05. The van der Waals surface area contributed by atoms with Crippen LogP contribution in [0.1, 0.15) is 0 Å². The zero-order valence-corrected chi connectivity index (χ0v) is 5.15. The van der Waals surface area contributed by atoms with Crippen LogP contribution >= 0.6 is 0 Å². The lowest BCUT2D eigenvalue weighted by molar-refractivity contribution is 1.21. The van der Waals surface area contributed by atoms with Gasteiger partial charge in [0.1, 0.15) is 11.7 Å². The van der Waals surface area contributed by atoms with E-state index in [9.17, 15) is 0 Å². The molecule has 0 aliphatic carbocycles. The summed E-state index contributed by atoms with van der Waals surface area (Å²) in [5.41, 5.74) is 1.45. The van der Waals surface area contributed by atoms with Crippen LogP contribution in [0.2, 0.25) is 0 Å². The first kappa shape index (κ1) is 5.29. The lowest BCUT2D eigenvalue weighted by Crippen LogP contribution is -1.83. The van der Waals surface area contributed by atoms with E-state index in [2.05, 4.69) is 21.1 Å². The first-order chi connectivity index (χ1) is 4.97. The summed E-state index contributed by atoms with van der Waals surface area (Å²) in [5, 5.41) is 0. The van der Waals surface area contributed by atoms with Crippen LogP contribution in [-0.2, 0) is 0 Å². The van der Waals surface area contributed by atoms with Gasteiger partial charge < -0.3 is 0 Å². The van der Waals surface area contributed by atoms with Gasteiger partial charge >= 0.3 is 0 Å². The number of nitrogens with zero attached hydrogens (tertiary/aromatic N) is 3. The van der Waals surface area contributed by atoms with Crippen molar-refractivity contribution < 1.29 is 0 Å². The molecule has 0 unspecified atom stereocenters. The van der Waals surface area contributed by atoms with Gasteiger partial charge in [0.15, 0.2) is 5.65 Å². The van der Waals surface area contributed by atoms with Gasteiger partial charge in [0.25, 0.3) is 0 Å². The largest absolute Gasteiger partial charge is 0.251 e. The second-order valence-electron chi connectivity index (χ2n) is 1.85. The fourth-order valence-corrected chi connectivity index (χ4v) is 0.764. The second-order valence-corrected chi connectivity index (χ2v) is 1.85. The van der Waals surface area contributed by atoms with Gasteiger partial charge in [0.05, 0.1) is 6.20 Å². The quantitative estimate of drug-likeness (QED) is 0.530. The Balaban J connectivity index is 2.89. The summed E-state index contributed by atoms with van der Waals surface area (Å²) in [6, 6.07) is 3.69. The zero-order valence-electron chi connectivity index (χ0n) is 5.15. The second kappa shape index (κ2) is 2.02. The molecule has 0 aromatic carbocycles. The van der Waals surface area contributed by atoms with Crippen LogP contribution in [0.25, 0.3) is 11.2 Å². The Labute approximate surface area is 57.8 Å². The van der Waals surface area contributed by atoms with E-state index in [0.717, 1.165) is 5.52 Å². The maximum absolute atomic E-state index is 4.00. The third-order valence-electron chi connectivity index (χ3n) is 1.20. The maximum atomic E-state index is 4.00. The van der Waals surface area contributed by atoms with E-state index >= 15 is 0 Å². The van der Waals surface area contributed by atoms with E-state index in [1.54, 1.807) is 6.20 Å². The monoisotopic (exact) mass is 130 g/mol. The molecule has 0 aliphatic heterocycles. The SMILES string of the molecule is [c]1cnc2cccnc2n1. The number of fused-ring (bicyclic) bond motifs is 1. The molecule has 1 radical (unpaired) electrons. The summed E-state index contributed by atoms with van der Waals surface area (Å²) in [7, 11) is 0. The topological polar surface area (TPSA) is 38.7 Å². The Kier molecular flexibility index (Phi) is 1.07. The van der Waals surface area contributed by atoms with Crippen LogP contribution in [-0.4, -0.2) is 15.0 Å². The molecule has 3 nitrogen and oxygen atoms in total. The Morgan fingerprint density at radius 2 is 2.30 bits per heavy atom. The summed E-state index contributed by atoms with van der Waals surface area (Å²) in [5.74, 6) is 0. The molecule has 2 aromatic rings. The molecule has 0 fully saturated rings. The molecule has 2 heterocycles. The van der Waals surface area contributed by atoms with Gasteiger partial charge in [0.2, 0.25) is 0 Å². The van der Waals surface area contributed by atoms with E-state index in [0.29, 0.717) is 5.65 Å². The van der Waals surface area contributed by atoms with E-state index in [1.165, 1.54) is 6.20 Å². The maximum Gasteiger partial charge on any atom is 0.178 e. The molecule has 0 saturated carbocycles. The molecule has 0 atom stereocenters. The first-order valence-electron chi connectivity index (χ1n) is 2.90. The number of hydrogen-bond donors (Lipinski definition) is 0. The Morgan fingerprint density at radius 1 is 1.30 bits per heavy atom. The Hall–Kier alpha value is -1.51. The summed E-state index contributed by atoms with van der Waals surface area (Å²) >= 11 is 0. The smallest absolute Gasteiger partial charge is 0.178 e. The normalized spacial score (nSPS) is 10.0. The molecular weight excluding hydrogens is 126 g/mol. The molecule has 2 rings (SSSR count). The van der Waals surface area contributed by atoms with Gasteiger partial charge in [-0.3, -0.25) is 4.98 Å². The van der Waals surface area contributed by atoms with Crippen molar-refractivity contribution in [1.82, 2.24) is 15.0 Å². The molecule has 47 valence electrons. The fourth-order valence-electron chi connectivity index (χ4n) is 0.764. The summed E-state index contributed by atoms with van der Waals surface area (Å²) in [4.78, 5) is 11.9. The summed E-state index contributed by atoms with van der Waals surface area (Å²) < 4.78 is 0. The van der Waals surface area contributed by atoms with E-state index in [1.807, 2.05) is 12.1 Å². The predicted octanol–water partition coefficient (Wildman–Crippen LogP) is 0.825. The highest BCUT2D eigenvalue weighted by molar-refractivity contribution is 5.67. The molecule has 0 N–H and O–H groups in total. The standard InChI is InChI=1S/C7H4N3/c1-2-6-7(9-3-1)10-5-4-8-6/h1-4H. The molecule has 0 aliphatic rings. The van der Waals surface area contributed by atoms with Crippen LogP contribution in [0, 0.1) is 6.20 Å². The van der Waals surface area contributed by atoms with Gasteiger partial charge in [-0.05, 0) is 12.1 Å². The number of pyridine rings is 1. The molecule has 0 saturated heterocycles. The van der Waals surface area contributed by atoms with Crippen molar-refractivity contribution >= 4 is 11.2 Å². The van der Waals surface area contributed by atoms with Crippen molar-refractivity contribution in [3.63, 3.8) is 0 Å². The predicted molar refractivity (Wildman–Crippen MR) is 36.2 cm³/mol. The van der Waals surface area contributed by atoms with E-state index in [-0.39, 0.29) is 0 Å². The molecule has 0 amide bonds. The van der Waals surface area contributed by atoms with Gasteiger partial charge in [0, 0.05) is 6.20 Å². The molecular formula is C7H4N3. The number of rotatable bonds is 0. The van der Waals surface area contributed by atoms with Gasteiger partial charge in [-0.15, -0.1) is 0 Å². The zero-order chi connectivity index (χ0) is 6.81. The van der Waals surface area contributed by atoms with Crippen LogP contribution in [0.5, 0.6) is 0 Å². The third-order valence-corrected chi connectivity index (χ3v) is 1.20. The van der Waals surface area contributed by atoms with Crippen molar-refractivity contribution in [2.24, 2.45) is 0 Å². The van der Waals surface area contributed by atoms with Crippen LogP contribution < -0.4 is 0 Å². The fraction of sp³-hybridized carbons (Fsp3) is 0. The van der Waals surface area contributed by atoms with Crippen LogP contribution in [0.4, 0.5) is 0 Å². The van der Waals surface area contributed by atoms with Crippen molar-refractivity contribution in [2.45, 2.75) is 0 Å². The molecule has 3 heteroatoms. The average molecular weight is 130 g/mol. The van der Waals surface area contributed by atoms with Crippen molar-refractivity contribution in [1.29, 1.82) is 0 Å². The third kappa shape index (κ3) is 0.719. The van der Waals surface area contributed by atoms with Crippen molar-refractivity contribution in [3.8, 4) is 0 Å². The van der Waals surface area contributed by atoms with E-state index < -0.39 is 0 Å². The van der Waals surface area contributed by atoms with E-state index in [4.69, 9.17) is 0 Å². The first-order valence-corrected chi connectivity index (χ1v) is 2.90. The Morgan fingerprint density at radius 3 is 3.20 bits per heavy atom.